The lowest BCUT2D eigenvalue weighted by atomic mass is 10.2. The number of aromatic nitrogens is 1. The smallest absolute Gasteiger partial charge is 0.244 e. The Morgan fingerprint density at radius 3 is 2.75 bits per heavy atom. The van der Waals surface area contributed by atoms with E-state index in [0.717, 1.165) is 4.88 Å². The van der Waals surface area contributed by atoms with E-state index < -0.39 is 22.0 Å². The molecular weight excluding hydrogens is 422 g/mol. The molecule has 2 aromatic rings. The Morgan fingerprint density at radius 1 is 1.32 bits per heavy atom. The maximum atomic E-state index is 12.8. The summed E-state index contributed by atoms with van der Waals surface area (Å²) in [7, 11) is -3.93. The quantitative estimate of drug-likeness (QED) is 0.644. The number of benzene rings is 1. The molecule has 0 spiro atoms. The summed E-state index contributed by atoms with van der Waals surface area (Å²) in [6.07, 6.45) is 3.89. The van der Waals surface area contributed by atoms with Crippen molar-refractivity contribution in [3.05, 3.63) is 29.3 Å². The van der Waals surface area contributed by atoms with Gasteiger partial charge in [-0.15, -0.1) is 11.3 Å². The number of thioether (sulfide) groups is 1. The molecule has 152 valence electrons. The second-order valence-electron chi connectivity index (χ2n) is 6.03. The molecule has 1 aromatic carbocycles. The van der Waals surface area contributed by atoms with Crippen LogP contribution in [0.1, 0.15) is 11.3 Å². The van der Waals surface area contributed by atoms with Crippen LogP contribution in [0.3, 0.4) is 0 Å². The summed E-state index contributed by atoms with van der Waals surface area (Å²) >= 11 is 2.87. The fourth-order valence-corrected chi connectivity index (χ4v) is 4.91. The minimum atomic E-state index is -3.93. The van der Waals surface area contributed by atoms with Crippen molar-refractivity contribution in [3.8, 4) is 11.5 Å². The number of nitrogens with one attached hydrogen (secondary N) is 2. The molecule has 0 saturated carbocycles. The first kappa shape index (κ1) is 20.9. The van der Waals surface area contributed by atoms with Gasteiger partial charge in [-0.1, -0.05) is 0 Å². The molecule has 1 unspecified atom stereocenters. The summed E-state index contributed by atoms with van der Waals surface area (Å²) in [5.74, 6) is 1.06. The van der Waals surface area contributed by atoms with Gasteiger partial charge in [0.1, 0.15) is 19.3 Å². The number of thiazole rings is 1. The first-order chi connectivity index (χ1) is 13.4. The minimum absolute atomic E-state index is 0.0174. The maximum Gasteiger partial charge on any atom is 0.244 e. The van der Waals surface area contributed by atoms with E-state index in [4.69, 9.17) is 9.47 Å². The third-order valence-electron chi connectivity index (χ3n) is 3.90. The van der Waals surface area contributed by atoms with Crippen LogP contribution in [0.2, 0.25) is 0 Å². The number of ether oxygens (including phenoxy) is 2. The van der Waals surface area contributed by atoms with E-state index in [-0.39, 0.29) is 4.90 Å². The first-order valence-corrected chi connectivity index (χ1v) is 12.2. The molecule has 11 heteroatoms. The Bertz CT molecular complexity index is 945. The Balaban J connectivity index is 1.77. The van der Waals surface area contributed by atoms with Crippen LogP contribution in [0, 0.1) is 6.92 Å². The number of carbonyl (C=O) groups is 1. The number of carbonyl (C=O) groups excluding carboxylic acids is 1. The van der Waals surface area contributed by atoms with Crippen molar-refractivity contribution in [2.45, 2.75) is 24.3 Å². The standard InChI is InChI=1S/C17H21N3O5S3/c1-11-10-18-17(27-11)19-16(21)13(5-8-26-2)20-28(22,23)12-3-4-14-15(9-12)25-7-6-24-14/h3-4,9-10,13,20H,5-8H2,1-2H3,(H,18,19,21). The van der Waals surface area contributed by atoms with Gasteiger partial charge in [-0.3, -0.25) is 4.79 Å². The van der Waals surface area contributed by atoms with Gasteiger partial charge in [0.05, 0.1) is 4.90 Å². The number of hydrogen-bond donors (Lipinski definition) is 2. The van der Waals surface area contributed by atoms with E-state index in [1.54, 1.807) is 12.3 Å². The third-order valence-corrected chi connectivity index (χ3v) is 6.84. The van der Waals surface area contributed by atoms with Crippen molar-refractivity contribution in [3.63, 3.8) is 0 Å². The largest absolute Gasteiger partial charge is 0.486 e. The lowest BCUT2D eigenvalue weighted by Gasteiger charge is -2.20. The second kappa shape index (κ2) is 9.12. The molecule has 3 rings (SSSR count). The van der Waals surface area contributed by atoms with Crippen molar-refractivity contribution in [1.82, 2.24) is 9.71 Å². The molecule has 0 radical (unpaired) electrons. The van der Waals surface area contributed by atoms with Gasteiger partial charge in [-0.05, 0) is 37.5 Å². The molecule has 8 nitrogen and oxygen atoms in total. The molecule has 1 aliphatic rings. The highest BCUT2D eigenvalue weighted by Gasteiger charge is 2.27. The van der Waals surface area contributed by atoms with Gasteiger partial charge in [0, 0.05) is 17.1 Å². The first-order valence-electron chi connectivity index (χ1n) is 8.53. The SMILES string of the molecule is CSCCC(NS(=O)(=O)c1ccc2c(c1)OCCO2)C(=O)Nc1ncc(C)s1. The molecular formula is C17H21N3O5S3. The van der Waals surface area contributed by atoms with Crippen LogP contribution in [0.4, 0.5) is 5.13 Å². The second-order valence-corrected chi connectivity index (χ2v) is 9.96. The average Bonchev–Trinajstić information content (AvgIpc) is 3.09. The van der Waals surface area contributed by atoms with Crippen LogP contribution in [-0.4, -0.2) is 50.6 Å². The van der Waals surface area contributed by atoms with Crippen LogP contribution in [0.25, 0.3) is 0 Å². The van der Waals surface area contributed by atoms with Gasteiger partial charge in [-0.2, -0.15) is 16.5 Å². The lowest BCUT2D eigenvalue weighted by molar-refractivity contribution is -0.117. The van der Waals surface area contributed by atoms with E-state index in [9.17, 15) is 13.2 Å². The van der Waals surface area contributed by atoms with Gasteiger partial charge >= 0.3 is 0 Å². The molecule has 1 aromatic heterocycles. The third kappa shape index (κ3) is 5.16. The van der Waals surface area contributed by atoms with Gasteiger partial charge < -0.3 is 14.8 Å². The molecule has 0 bridgehead atoms. The van der Waals surface area contributed by atoms with Crippen LogP contribution in [0.15, 0.2) is 29.3 Å². The van der Waals surface area contributed by atoms with Gasteiger partial charge in [0.15, 0.2) is 16.6 Å². The highest BCUT2D eigenvalue weighted by Crippen LogP contribution is 2.32. The number of aryl methyl sites for hydroxylation is 1. The number of amides is 1. The number of hydrogen-bond acceptors (Lipinski definition) is 8. The molecule has 28 heavy (non-hydrogen) atoms. The van der Waals surface area contributed by atoms with Crippen LogP contribution in [0.5, 0.6) is 11.5 Å². The van der Waals surface area contributed by atoms with E-state index in [2.05, 4.69) is 15.0 Å². The number of nitrogens with zero attached hydrogens (tertiary/aromatic N) is 1. The summed E-state index contributed by atoms with van der Waals surface area (Å²) in [6, 6.07) is 3.47. The van der Waals surface area contributed by atoms with Gasteiger partial charge in [0.25, 0.3) is 0 Å². The van der Waals surface area contributed by atoms with Gasteiger partial charge in [-0.25, -0.2) is 13.4 Å². The number of rotatable bonds is 8. The van der Waals surface area contributed by atoms with Crippen molar-refractivity contribution < 1.29 is 22.7 Å². The maximum absolute atomic E-state index is 12.8. The number of sulfonamides is 1. The Kier molecular flexibility index (Phi) is 6.81. The average molecular weight is 444 g/mol. The predicted molar refractivity (Wildman–Crippen MR) is 110 cm³/mol. The predicted octanol–water partition coefficient (Wildman–Crippen LogP) is 2.26. The zero-order valence-electron chi connectivity index (χ0n) is 15.4. The molecule has 0 aliphatic carbocycles. The Hall–Kier alpha value is -1.82. The summed E-state index contributed by atoms with van der Waals surface area (Å²) in [6.45, 7) is 2.66. The van der Waals surface area contributed by atoms with Crippen molar-refractivity contribution in [2.24, 2.45) is 0 Å². The lowest BCUT2D eigenvalue weighted by Crippen LogP contribution is -2.44. The highest BCUT2D eigenvalue weighted by atomic mass is 32.2. The van der Waals surface area contributed by atoms with E-state index >= 15 is 0 Å². The highest BCUT2D eigenvalue weighted by molar-refractivity contribution is 7.98. The zero-order valence-corrected chi connectivity index (χ0v) is 17.9. The zero-order chi connectivity index (χ0) is 20.1. The molecule has 1 amide bonds. The molecule has 0 saturated heterocycles. The number of fused-ring (bicyclic) bond motifs is 1. The fraction of sp³-hybridized carbons (Fsp3) is 0.412. The Labute approximate surface area is 172 Å². The van der Waals surface area contributed by atoms with E-state index in [1.165, 1.54) is 35.2 Å². The van der Waals surface area contributed by atoms with Crippen LogP contribution in [-0.2, 0) is 14.8 Å². The summed E-state index contributed by atoms with van der Waals surface area (Å²) in [4.78, 5) is 17.7. The van der Waals surface area contributed by atoms with Crippen molar-refractivity contribution >= 4 is 44.2 Å². The van der Waals surface area contributed by atoms with Gasteiger partial charge in [0.2, 0.25) is 15.9 Å². The Morgan fingerprint density at radius 2 is 2.07 bits per heavy atom. The molecule has 2 heterocycles. The molecule has 1 atom stereocenters. The summed E-state index contributed by atoms with van der Waals surface area (Å²) in [5.41, 5.74) is 0. The van der Waals surface area contributed by atoms with Crippen LogP contribution < -0.4 is 19.5 Å². The minimum Gasteiger partial charge on any atom is -0.486 e. The summed E-state index contributed by atoms with van der Waals surface area (Å²) in [5, 5.41) is 3.12. The number of anilines is 1. The fourth-order valence-electron chi connectivity index (χ4n) is 2.53. The van der Waals surface area contributed by atoms with Crippen molar-refractivity contribution in [1.29, 1.82) is 0 Å². The van der Waals surface area contributed by atoms with E-state index in [0.29, 0.717) is 42.0 Å². The molecule has 2 N–H and O–H groups in total. The topological polar surface area (TPSA) is 107 Å². The summed E-state index contributed by atoms with van der Waals surface area (Å²) < 4.78 is 39.1. The monoisotopic (exact) mass is 443 g/mol. The molecule has 0 fully saturated rings. The normalized spacial score (nSPS) is 14.5. The van der Waals surface area contributed by atoms with Crippen molar-refractivity contribution in [2.75, 3.05) is 30.5 Å². The van der Waals surface area contributed by atoms with Crippen LogP contribution >= 0.6 is 23.1 Å². The molecule has 1 aliphatic heterocycles. The van der Waals surface area contributed by atoms with E-state index in [1.807, 2.05) is 13.2 Å².